The predicted octanol–water partition coefficient (Wildman–Crippen LogP) is 0.280. The molecule has 5 heteroatoms. The number of anilines is 1. The molecule has 0 aromatic carbocycles. The quantitative estimate of drug-likeness (QED) is 0.505. The first-order valence-corrected chi connectivity index (χ1v) is 3.47. The second kappa shape index (κ2) is 3.66. The highest BCUT2D eigenvalue weighted by molar-refractivity contribution is 5.57. The lowest BCUT2D eigenvalue weighted by molar-refractivity contribution is 0.642. The van der Waals surface area contributed by atoms with E-state index in [2.05, 4.69) is 15.0 Å². The molecule has 1 aromatic heterocycles. The van der Waals surface area contributed by atoms with E-state index in [9.17, 15) is 0 Å². The van der Waals surface area contributed by atoms with Gasteiger partial charge in [0.2, 0.25) is 0 Å². The summed E-state index contributed by atoms with van der Waals surface area (Å²) in [5, 5.41) is 0. The summed E-state index contributed by atoms with van der Waals surface area (Å²) in [4.78, 5) is 13.5. The van der Waals surface area contributed by atoms with E-state index < -0.39 is 0 Å². The third-order valence-corrected chi connectivity index (χ3v) is 1.07. The van der Waals surface area contributed by atoms with Gasteiger partial charge in [-0.2, -0.15) is 4.98 Å². The first kappa shape index (κ1) is 8.45. The van der Waals surface area contributed by atoms with E-state index in [0.717, 1.165) is 0 Å². The van der Waals surface area contributed by atoms with Crippen molar-refractivity contribution in [2.75, 3.05) is 19.8 Å². The molecule has 5 nitrogen and oxygen atoms in total. The van der Waals surface area contributed by atoms with E-state index in [1.807, 2.05) is 14.1 Å². The molecule has 0 aliphatic rings. The molecule has 0 saturated carbocycles. The van der Waals surface area contributed by atoms with Crippen molar-refractivity contribution in [3.8, 4) is 0 Å². The molecule has 1 aromatic rings. The maximum atomic E-state index is 5.43. The molecular weight excluding hydrogens is 154 g/mol. The molecule has 0 aliphatic heterocycles. The summed E-state index contributed by atoms with van der Waals surface area (Å²) in [6.07, 6.45) is 3.19. The maximum absolute atomic E-state index is 5.43. The van der Waals surface area contributed by atoms with E-state index in [-0.39, 0.29) is 0 Å². The summed E-state index contributed by atoms with van der Waals surface area (Å²) >= 11 is 0. The summed E-state index contributed by atoms with van der Waals surface area (Å²) in [6.45, 7) is 0. The highest BCUT2D eigenvalue weighted by Gasteiger charge is 1.91. The lowest BCUT2D eigenvalue weighted by Crippen LogP contribution is -2.07. The van der Waals surface area contributed by atoms with Gasteiger partial charge in [-0.05, 0) is 6.07 Å². The van der Waals surface area contributed by atoms with Gasteiger partial charge in [-0.1, -0.05) is 0 Å². The van der Waals surface area contributed by atoms with Crippen LogP contribution in [0, 0.1) is 0 Å². The molecule has 0 bridgehead atoms. The fourth-order valence-electron chi connectivity index (χ4n) is 0.591. The van der Waals surface area contributed by atoms with Gasteiger partial charge in [0, 0.05) is 20.3 Å². The SMILES string of the molecule is CN(C)C=Nc1nccc(N)n1. The average Bonchev–Trinajstić information content (AvgIpc) is 2.01. The number of nitrogens with zero attached hydrogens (tertiary/aromatic N) is 4. The maximum Gasteiger partial charge on any atom is 0.252 e. The smallest absolute Gasteiger partial charge is 0.252 e. The minimum atomic E-state index is 0.378. The third kappa shape index (κ3) is 2.53. The van der Waals surface area contributed by atoms with Gasteiger partial charge in [-0.15, -0.1) is 0 Å². The van der Waals surface area contributed by atoms with E-state index in [0.29, 0.717) is 11.8 Å². The van der Waals surface area contributed by atoms with Gasteiger partial charge in [0.05, 0.1) is 6.34 Å². The highest BCUT2D eigenvalue weighted by Crippen LogP contribution is 2.03. The fourth-order valence-corrected chi connectivity index (χ4v) is 0.591. The van der Waals surface area contributed by atoms with Crippen molar-refractivity contribution < 1.29 is 0 Å². The van der Waals surface area contributed by atoms with Crippen LogP contribution < -0.4 is 5.73 Å². The van der Waals surface area contributed by atoms with E-state index in [1.54, 1.807) is 23.5 Å². The standard InChI is InChI=1S/C7H11N5/c1-12(2)5-10-7-9-4-3-6(8)11-7/h3-5H,1-2H3,(H2,8,9,11). The Bertz CT molecular complexity index is 281. The zero-order valence-corrected chi connectivity index (χ0v) is 7.10. The van der Waals surface area contributed by atoms with Gasteiger partial charge in [-0.25, -0.2) is 9.98 Å². The van der Waals surface area contributed by atoms with Crippen molar-refractivity contribution in [2.24, 2.45) is 4.99 Å². The Balaban J connectivity index is 2.76. The minimum Gasteiger partial charge on any atom is -0.384 e. The molecule has 1 rings (SSSR count). The summed E-state index contributed by atoms with van der Waals surface area (Å²) in [7, 11) is 3.74. The zero-order valence-electron chi connectivity index (χ0n) is 7.10. The molecule has 0 spiro atoms. The molecule has 12 heavy (non-hydrogen) atoms. The Morgan fingerprint density at radius 1 is 1.58 bits per heavy atom. The molecule has 0 unspecified atom stereocenters. The van der Waals surface area contributed by atoms with Gasteiger partial charge in [-0.3, -0.25) is 0 Å². The second-order valence-corrected chi connectivity index (χ2v) is 2.49. The molecule has 0 atom stereocenters. The van der Waals surface area contributed by atoms with Crippen molar-refractivity contribution in [1.29, 1.82) is 0 Å². The first-order chi connectivity index (χ1) is 5.68. The van der Waals surface area contributed by atoms with Crippen LogP contribution in [0.3, 0.4) is 0 Å². The van der Waals surface area contributed by atoms with Crippen molar-refractivity contribution in [2.45, 2.75) is 0 Å². The summed E-state index contributed by atoms with van der Waals surface area (Å²) in [6, 6.07) is 1.62. The van der Waals surface area contributed by atoms with Crippen LogP contribution in [0.5, 0.6) is 0 Å². The van der Waals surface area contributed by atoms with Gasteiger partial charge in [0.1, 0.15) is 5.82 Å². The zero-order chi connectivity index (χ0) is 8.97. The Morgan fingerprint density at radius 3 is 2.92 bits per heavy atom. The number of aromatic nitrogens is 2. The topological polar surface area (TPSA) is 67.4 Å². The molecule has 0 radical (unpaired) electrons. The fraction of sp³-hybridized carbons (Fsp3) is 0.286. The molecule has 0 fully saturated rings. The lowest BCUT2D eigenvalue weighted by Gasteiger charge is -2.00. The third-order valence-electron chi connectivity index (χ3n) is 1.07. The second-order valence-electron chi connectivity index (χ2n) is 2.49. The molecule has 1 heterocycles. The van der Waals surface area contributed by atoms with Crippen LogP contribution in [-0.2, 0) is 0 Å². The van der Waals surface area contributed by atoms with E-state index >= 15 is 0 Å². The summed E-state index contributed by atoms with van der Waals surface area (Å²) in [5.74, 6) is 0.805. The summed E-state index contributed by atoms with van der Waals surface area (Å²) in [5.41, 5.74) is 5.43. The van der Waals surface area contributed by atoms with E-state index in [4.69, 9.17) is 5.73 Å². The molecule has 0 amide bonds. The number of nitrogens with two attached hydrogens (primary N) is 1. The monoisotopic (exact) mass is 165 g/mol. The van der Waals surface area contributed by atoms with Crippen LogP contribution in [-0.4, -0.2) is 35.3 Å². The van der Waals surface area contributed by atoms with Gasteiger partial charge in [0.25, 0.3) is 5.95 Å². The van der Waals surface area contributed by atoms with Crippen LogP contribution in [0.15, 0.2) is 17.3 Å². The molecule has 0 aliphatic carbocycles. The van der Waals surface area contributed by atoms with E-state index in [1.165, 1.54) is 0 Å². The predicted molar refractivity (Wildman–Crippen MR) is 48.3 cm³/mol. The molecular formula is C7H11N5. The van der Waals surface area contributed by atoms with Crippen molar-refractivity contribution in [1.82, 2.24) is 14.9 Å². The molecule has 64 valence electrons. The number of hydrogen-bond donors (Lipinski definition) is 1. The van der Waals surface area contributed by atoms with Crippen molar-refractivity contribution >= 4 is 18.1 Å². The van der Waals surface area contributed by atoms with Crippen LogP contribution >= 0.6 is 0 Å². The van der Waals surface area contributed by atoms with Gasteiger partial charge < -0.3 is 10.6 Å². The Labute approximate surface area is 71.0 Å². The van der Waals surface area contributed by atoms with Gasteiger partial charge >= 0.3 is 0 Å². The average molecular weight is 165 g/mol. The summed E-state index contributed by atoms with van der Waals surface area (Å²) < 4.78 is 0. The van der Waals surface area contributed by atoms with Crippen LogP contribution in [0.4, 0.5) is 11.8 Å². The Kier molecular flexibility index (Phi) is 2.57. The number of hydrogen-bond acceptors (Lipinski definition) is 4. The number of nitrogen functional groups attached to an aromatic ring is 1. The Hall–Kier alpha value is -1.65. The van der Waals surface area contributed by atoms with Crippen LogP contribution in [0.1, 0.15) is 0 Å². The largest absolute Gasteiger partial charge is 0.384 e. The number of rotatable bonds is 2. The Morgan fingerprint density at radius 2 is 2.33 bits per heavy atom. The minimum absolute atomic E-state index is 0.378. The number of aliphatic imine (C=N–C) groups is 1. The molecule has 0 saturated heterocycles. The van der Waals surface area contributed by atoms with Crippen molar-refractivity contribution in [3.63, 3.8) is 0 Å². The van der Waals surface area contributed by atoms with Crippen LogP contribution in [0.25, 0.3) is 0 Å². The highest BCUT2D eigenvalue weighted by atomic mass is 15.1. The van der Waals surface area contributed by atoms with Crippen LogP contribution in [0.2, 0.25) is 0 Å². The molecule has 2 N–H and O–H groups in total. The van der Waals surface area contributed by atoms with Gasteiger partial charge in [0.15, 0.2) is 0 Å². The van der Waals surface area contributed by atoms with Crippen molar-refractivity contribution in [3.05, 3.63) is 12.3 Å². The first-order valence-electron chi connectivity index (χ1n) is 3.47. The normalized spacial score (nSPS) is 10.5. The lowest BCUT2D eigenvalue weighted by atomic mass is 10.6.